The van der Waals surface area contributed by atoms with E-state index in [-0.39, 0.29) is 5.91 Å². The Morgan fingerprint density at radius 3 is 2.28 bits per heavy atom. The Morgan fingerprint density at radius 1 is 1.17 bits per heavy atom. The third-order valence-corrected chi connectivity index (χ3v) is 5.58. The molecule has 0 bridgehead atoms. The average Bonchev–Trinajstić information content (AvgIpc) is 2.36. The molecule has 1 amide bonds. The zero-order chi connectivity index (χ0) is 13.1. The Morgan fingerprint density at radius 2 is 1.72 bits per heavy atom. The highest BCUT2D eigenvalue weighted by Crippen LogP contribution is 2.28. The van der Waals surface area contributed by atoms with E-state index in [9.17, 15) is 4.79 Å². The normalized spacial score (nSPS) is 16.6. The standard InChI is InChI=1S/C13H14Cl2INO/c14-10-6-8(7-11(15)12(10)16)13(18)17-9-4-2-1-3-5-9/h6-7,9H,1-5H2,(H,17,18). The summed E-state index contributed by atoms with van der Waals surface area (Å²) in [6.07, 6.45) is 5.79. The van der Waals surface area contributed by atoms with Gasteiger partial charge < -0.3 is 5.32 Å². The minimum absolute atomic E-state index is 0.0814. The van der Waals surface area contributed by atoms with Gasteiger partial charge in [0.05, 0.1) is 13.6 Å². The molecule has 0 saturated heterocycles. The van der Waals surface area contributed by atoms with Crippen LogP contribution >= 0.6 is 45.8 Å². The van der Waals surface area contributed by atoms with E-state index < -0.39 is 0 Å². The molecule has 1 saturated carbocycles. The van der Waals surface area contributed by atoms with Crippen molar-refractivity contribution in [2.24, 2.45) is 0 Å². The Kier molecular flexibility index (Phi) is 5.15. The SMILES string of the molecule is O=C(NC1CCCCC1)c1cc(Cl)c(I)c(Cl)c1. The van der Waals surface area contributed by atoms with Crippen LogP contribution in [0.15, 0.2) is 12.1 Å². The smallest absolute Gasteiger partial charge is 0.251 e. The topological polar surface area (TPSA) is 29.1 Å². The number of amides is 1. The van der Waals surface area contributed by atoms with Crippen molar-refractivity contribution in [3.05, 3.63) is 31.3 Å². The van der Waals surface area contributed by atoms with Gasteiger partial charge in [-0.15, -0.1) is 0 Å². The van der Waals surface area contributed by atoms with Crippen molar-refractivity contribution >= 4 is 51.7 Å². The first kappa shape index (κ1) is 14.4. The summed E-state index contributed by atoms with van der Waals surface area (Å²) in [6.45, 7) is 0. The van der Waals surface area contributed by atoms with E-state index in [0.29, 0.717) is 21.7 Å². The molecular weight excluding hydrogens is 384 g/mol. The number of carbonyl (C=O) groups excluding carboxylic acids is 1. The highest BCUT2D eigenvalue weighted by atomic mass is 127. The lowest BCUT2D eigenvalue weighted by Crippen LogP contribution is -2.36. The highest BCUT2D eigenvalue weighted by molar-refractivity contribution is 14.1. The van der Waals surface area contributed by atoms with Crippen LogP contribution in [0.25, 0.3) is 0 Å². The van der Waals surface area contributed by atoms with Gasteiger partial charge in [0, 0.05) is 11.6 Å². The first-order valence-corrected chi connectivity index (χ1v) is 7.87. The first-order valence-electron chi connectivity index (χ1n) is 6.03. The lowest BCUT2D eigenvalue weighted by molar-refractivity contribution is 0.0927. The molecule has 0 unspecified atom stereocenters. The van der Waals surface area contributed by atoms with Crippen LogP contribution < -0.4 is 5.32 Å². The van der Waals surface area contributed by atoms with Crippen molar-refractivity contribution in [1.29, 1.82) is 0 Å². The summed E-state index contributed by atoms with van der Waals surface area (Å²) in [5.74, 6) is -0.0814. The second kappa shape index (κ2) is 6.44. The zero-order valence-corrected chi connectivity index (χ0v) is 13.5. The van der Waals surface area contributed by atoms with Crippen molar-refractivity contribution < 1.29 is 4.79 Å². The van der Waals surface area contributed by atoms with Crippen molar-refractivity contribution in [1.82, 2.24) is 5.32 Å². The fourth-order valence-corrected chi connectivity index (χ4v) is 3.00. The van der Waals surface area contributed by atoms with Gasteiger partial charge in [0.15, 0.2) is 0 Å². The predicted molar refractivity (Wildman–Crippen MR) is 83.5 cm³/mol. The molecule has 2 nitrogen and oxygen atoms in total. The minimum Gasteiger partial charge on any atom is -0.349 e. The number of hydrogen-bond donors (Lipinski definition) is 1. The first-order chi connectivity index (χ1) is 8.58. The zero-order valence-electron chi connectivity index (χ0n) is 9.81. The molecule has 1 fully saturated rings. The second-order valence-electron chi connectivity index (χ2n) is 4.56. The van der Waals surface area contributed by atoms with Crippen LogP contribution in [0.5, 0.6) is 0 Å². The molecule has 0 aliphatic heterocycles. The van der Waals surface area contributed by atoms with Gasteiger partial charge in [-0.1, -0.05) is 42.5 Å². The summed E-state index contributed by atoms with van der Waals surface area (Å²) in [4.78, 5) is 12.1. The summed E-state index contributed by atoms with van der Waals surface area (Å²) < 4.78 is 0.783. The molecule has 0 aromatic heterocycles. The molecule has 18 heavy (non-hydrogen) atoms. The van der Waals surface area contributed by atoms with Gasteiger partial charge in [-0.2, -0.15) is 0 Å². The number of carbonyl (C=O) groups is 1. The van der Waals surface area contributed by atoms with E-state index >= 15 is 0 Å². The van der Waals surface area contributed by atoms with Crippen LogP contribution in [0.2, 0.25) is 10.0 Å². The van der Waals surface area contributed by atoms with Crippen LogP contribution in [0.3, 0.4) is 0 Å². The molecule has 1 N–H and O–H groups in total. The molecule has 1 aromatic carbocycles. The number of hydrogen-bond acceptors (Lipinski definition) is 1. The van der Waals surface area contributed by atoms with Crippen molar-refractivity contribution in [3.63, 3.8) is 0 Å². The molecule has 0 heterocycles. The van der Waals surface area contributed by atoms with E-state index in [4.69, 9.17) is 23.2 Å². The lowest BCUT2D eigenvalue weighted by atomic mass is 9.95. The maximum Gasteiger partial charge on any atom is 0.251 e. The van der Waals surface area contributed by atoms with E-state index in [1.165, 1.54) is 19.3 Å². The molecule has 0 spiro atoms. The van der Waals surface area contributed by atoms with Gasteiger partial charge in [0.2, 0.25) is 0 Å². The number of nitrogens with one attached hydrogen (secondary N) is 1. The summed E-state index contributed by atoms with van der Waals surface area (Å²) in [7, 11) is 0. The quantitative estimate of drug-likeness (QED) is 0.570. The van der Waals surface area contributed by atoms with Gasteiger partial charge in [0.25, 0.3) is 5.91 Å². The van der Waals surface area contributed by atoms with Crippen LogP contribution in [-0.2, 0) is 0 Å². The third-order valence-electron chi connectivity index (χ3n) is 3.19. The number of rotatable bonds is 2. The molecule has 2 rings (SSSR count). The fraction of sp³-hybridized carbons (Fsp3) is 0.462. The van der Waals surface area contributed by atoms with Gasteiger partial charge in [-0.25, -0.2) is 0 Å². The number of halogens is 3. The molecule has 0 radical (unpaired) electrons. The molecule has 1 aliphatic rings. The van der Waals surface area contributed by atoms with Crippen LogP contribution in [0.4, 0.5) is 0 Å². The van der Waals surface area contributed by atoms with Crippen LogP contribution in [0.1, 0.15) is 42.5 Å². The van der Waals surface area contributed by atoms with E-state index in [1.807, 2.05) is 0 Å². The van der Waals surface area contributed by atoms with E-state index in [1.54, 1.807) is 12.1 Å². The Hall–Kier alpha value is -0.000000000000000167. The summed E-state index contributed by atoms with van der Waals surface area (Å²) in [5.41, 5.74) is 0.538. The van der Waals surface area contributed by atoms with E-state index in [2.05, 4.69) is 27.9 Å². The summed E-state index contributed by atoms with van der Waals surface area (Å²) >= 11 is 14.1. The van der Waals surface area contributed by atoms with Gasteiger partial charge in [-0.05, 0) is 47.6 Å². The maximum absolute atomic E-state index is 12.1. The predicted octanol–water partition coefficient (Wildman–Crippen LogP) is 4.66. The largest absolute Gasteiger partial charge is 0.349 e. The van der Waals surface area contributed by atoms with Crippen LogP contribution in [0, 0.1) is 3.57 Å². The Bertz CT molecular complexity index is 435. The van der Waals surface area contributed by atoms with Crippen molar-refractivity contribution in [2.75, 3.05) is 0 Å². The lowest BCUT2D eigenvalue weighted by Gasteiger charge is -2.22. The Balaban J connectivity index is 2.08. The molecular formula is C13H14Cl2INO. The fourth-order valence-electron chi connectivity index (χ4n) is 2.20. The summed E-state index contributed by atoms with van der Waals surface area (Å²) in [5, 5.41) is 4.10. The molecule has 0 atom stereocenters. The number of benzene rings is 1. The van der Waals surface area contributed by atoms with Gasteiger partial charge >= 0.3 is 0 Å². The van der Waals surface area contributed by atoms with Crippen molar-refractivity contribution in [3.8, 4) is 0 Å². The molecule has 98 valence electrons. The summed E-state index contributed by atoms with van der Waals surface area (Å²) in [6, 6.07) is 3.64. The van der Waals surface area contributed by atoms with Crippen LogP contribution in [-0.4, -0.2) is 11.9 Å². The maximum atomic E-state index is 12.1. The second-order valence-corrected chi connectivity index (χ2v) is 6.46. The van der Waals surface area contributed by atoms with Crippen molar-refractivity contribution in [2.45, 2.75) is 38.1 Å². The highest BCUT2D eigenvalue weighted by Gasteiger charge is 2.18. The molecule has 1 aromatic rings. The molecule has 1 aliphatic carbocycles. The molecule has 5 heteroatoms. The average molecular weight is 398 g/mol. The minimum atomic E-state index is -0.0814. The van der Waals surface area contributed by atoms with Gasteiger partial charge in [0.1, 0.15) is 0 Å². The van der Waals surface area contributed by atoms with Gasteiger partial charge in [-0.3, -0.25) is 4.79 Å². The third kappa shape index (κ3) is 3.52. The monoisotopic (exact) mass is 397 g/mol. The Labute approximate surface area is 131 Å². The van der Waals surface area contributed by atoms with E-state index in [0.717, 1.165) is 16.4 Å².